The molecule has 0 saturated heterocycles. The van der Waals surface area contributed by atoms with Crippen LogP contribution >= 0.6 is 0 Å². The molecule has 0 atom stereocenters. The molecule has 0 bridgehead atoms. The van der Waals surface area contributed by atoms with Crippen LogP contribution < -0.4 is 0 Å². The highest BCUT2D eigenvalue weighted by Crippen LogP contribution is 2.39. The standard InChI is InChI=1S/C23H28N2O3/c1-14-11-18(16(3)24(14)19-6-7-19)5-10-23(27)28-13-22(26)21-12-15(2)25(17(21)4)20-8-9-20/h5,10-12,19-20H,6-9,13H2,1-4H3/b10-5+. The zero-order valence-electron chi connectivity index (χ0n) is 17.1. The van der Waals surface area contributed by atoms with Crippen molar-refractivity contribution in [2.24, 2.45) is 0 Å². The Hall–Kier alpha value is -2.56. The van der Waals surface area contributed by atoms with Crippen LogP contribution in [-0.4, -0.2) is 27.5 Å². The average molecular weight is 380 g/mol. The third-order valence-corrected chi connectivity index (χ3v) is 5.88. The minimum atomic E-state index is -0.486. The molecule has 2 heterocycles. The largest absolute Gasteiger partial charge is 0.454 e. The molecule has 0 N–H and O–H groups in total. The van der Waals surface area contributed by atoms with Crippen molar-refractivity contribution < 1.29 is 14.3 Å². The molecular weight excluding hydrogens is 352 g/mol. The Bertz CT molecular complexity index is 969. The summed E-state index contributed by atoms with van der Waals surface area (Å²) in [6.45, 7) is 7.94. The average Bonchev–Trinajstić information content (AvgIpc) is 3.57. The number of rotatable bonds is 7. The van der Waals surface area contributed by atoms with Gasteiger partial charge in [0.1, 0.15) is 0 Å². The Morgan fingerprint density at radius 1 is 0.964 bits per heavy atom. The van der Waals surface area contributed by atoms with Crippen molar-refractivity contribution in [3.05, 3.63) is 52.1 Å². The van der Waals surface area contributed by atoms with Gasteiger partial charge in [-0.1, -0.05) is 0 Å². The minimum absolute atomic E-state index is 0.145. The number of carbonyl (C=O) groups excluding carboxylic acids is 2. The number of ketones is 1. The molecule has 2 fully saturated rings. The number of nitrogens with zero attached hydrogens (tertiary/aromatic N) is 2. The summed E-state index contributed by atoms with van der Waals surface area (Å²) >= 11 is 0. The fourth-order valence-electron chi connectivity index (χ4n) is 4.24. The van der Waals surface area contributed by atoms with E-state index < -0.39 is 5.97 Å². The van der Waals surface area contributed by atoms with Crippen molar-refractivity contribution in [3.63, 3.8) is 0 Å². The maximum Gasteiger partial charge on any atom is 0.331 e. The van der Waals surface area contributed by atoms with Gasteiger partial charge in [0.25, 0.3) is 0 Å². The van der Waals surface area contributed by atoms with E-state index in [9.17, 15) is 9.59 Å². The molecule has 2 aliphatic carbocycles. The second-order valence-electron chi connectivity index (χ2n) is 8.18. The van der Waals surface area contributed by atoms with Crippen LogP contribution in [0.1, 0.15) is 76.5 Å². The van der Waals surface area contributed by atoms with Crippen LogP contribution in [-0.2, 0) is 9.53 Å². The molecule has 148 valence electrons. The molecule has 0 aliphatic heterocycles. The molecule has 0 spiro atoms. The third-order valence-electron chi connectivity index (χ3n) is 5.88. The molecule has 2 aliphatic rings. The van der Waals surface area contributed by atoms with Crippen molar-refractivity contribution in [2.75, 3.05) is 6.61 Å². The molecule has 5 heteroatoms. The third kappa shape index (κ3) is 3.58. The summed E-state index contributed by atoms with van der Waals surface area (Å²) in [7, 11) is 0. The number of aromatic nitrogens is 2. The van der Waals surface area contributed by atoms with E-state index in [0.717, 1.165) is 17.0 Å². The van der Waals surface area contributed by atoms with Gasteiger partial charge >= 0.3 is 5.97 Å². The maximum absolute atomic E-state index is 12.5. The Kier molecular flexibility index (Phi) is 4.77. The lowest BCUT2D eigenvalue weighted by Crippen LogP contribution is -2.13. The van der Waals surface area contributed by atoms with E-state index in [1.54, 1.807) is 6.08 Å². The molecule has 0 unspecified atom stereocenters. The van der Waals surface area contributed by atoms with E-state index in [1.165, 1.54) is 43.1 Å². The second-order valence-corrected chi connectivity index (χ2v) is 8.18. The van der Waals surface area contributed by atoms with Gasteiger partial charge in [-0.2, -0.15) is 0 Å². The van der Waals surface area contributed by atoms with Gasteiger partial charge in [-0.3, -0.25) is 4.79 Å². The van der Waals surface area contributed by atoms with Gasteiger partial charge in [0.15, 0.2) is 6.61 Å². The highest BCUT2D eigenvalue weighted by atomic mass is 16.5. The normalized spacial score (nSPS) is 16.7. The van der Waals surface area contributed by atoms with Crippen molar-refractivity contribution in [2.45, 2.75) is 65.5 Å². The Morgan fingerprint density at radius 2 is 1.54 bits per heavy atom. The molecule has 28 heavy (non-hydrogen) atoms. The van der Waals surface area contributed by atoms with Gasteiger partial charge < -0.3 is 13.9 Å². The van der Waals surface area contributed by atoms with Gasteiger partial charge in [-0.25, -0.2) is 4.79 Å². The summed E-state index contributed by atoms with van der Waals surface area (Å²) in [5.74, 6) is -0.630. The first kappa shape index (κ1) is 18.8. The molecule has 4 rings (SSSR count). The molecule has 2 saturated carbocycles. The molecule has 5 nitrogen and oxygen atoms in total. The summed E-state index contributed by atoms with van der Waals surface area (Å²) in [4.78, 5) is 24.6. The quantitative estimate of drug-likeness (QED) is 0.400. The van der Waals surface area contributed by atoms with E-state index in [1.807, 2.05) is 19.9 Å². The second kappa shape index (κ2) is 7.12. The first-order chi connectivity index (χ1) is 13.4. The Labute approximate surface area is 166 Å². The van der Waals surface area contributed by atoms with Crippen LogP contribution in [0.3, 0.4) is 0 Å². The smallest absolute Gasteiger partial charge is 0.331 e. The summed E-state index contributed by atoms with van der Waals surface area (Å²) < 4.78 is 9.77. The van der Waals surface area contributed by atoms with Crippen molar-refractivity contribution in [1.29, 1.82) is 0 Å². The zero-order valence-corrected chi connectivity index (χ0v) is 17.1. The lowest BCUT2D eigenvalue weighted by Gasteiger charge is -2.07. The number of hydrogen-bond donors (Lipinski definition) is 0. The number of carbonyl (C=O) groups is 2. The van der Waals surface area contributed by atoms with Crippen LogP contribution in [0.2, 0.25) is 0 Å². The van der Waals surface area contributed by atoms with Gasteiger partial charge in [-0.15, -0.1) is 0 Å². The number of Topliss-reactive ketones (excluding diaryl/α,β-unsaturated/α-hetero) is 1. The summed E-state index contributed by atoms with van der Waals surface area (Å²) in [6, 6.07) is 5.14. The van der Waals surface area contributed by atoms with E-state index >= 15 is 0 Å². The highest BCUT2D eigenvalue weighted by Gasteiger charge is 2.28. The number of esters is 1. The molecular formula is C23H28N2O3. The SMILES string of the molecule is Cc1cc(/C=C/C(=O)OCC(=O)c2cc(C)n(C3CC3)c2C)c(C)n1C1CC1. The molecule has 0 radical (unpaired) electrons. The lowest BCUT2D eigenvalue weighted by atomic mass is 10.1. The first-order valence-corrected chi connectivity index (χ1v) is 10.1. The zero-order chi connectivity index (χ0) is 20.0. The maximum atomic E-state index is 12.5. The fourth-order valence-corrected chi connectivity index (χ4v) is 4.24. The lowest BCUT2D eigenvalue weighted by molar-refractivity contribution is -0.136. The number of hydrogen-bond acceptors (Lipinski definition) is 3. The minimum Gasteiger partial charge on any atom is -0.454 e. The predicted molar refractivity (Wildman–Crippen MR) is 109 cm³/mol. The van der Waals surface area contributed by atoms with Crippen LogP contribution in [0.15, 0.2) is 18.2 Å². The molecule has 0 amide bonds. The monoisotopic (exact) mass is 380 g/mol. The summed E-state index contributed by atoms with van der Waals surface area (Å²) in [5, 5.41) is 0. The number of aryl methyl sites for hydroxylation is 2. The van der Waals surface area contributed by atoms with Gasteiger partial charge in [0.2, 0.25) is 5.78 Å². The van der Waals surface area contributed by atoms with Gasteiger partial charge in [0, 0.05) is 46.5 Å². The van der Waals surface area contributed by atoms with E-state index in [-0.39, 0.29) is 12.4 Å². The van der Waals surface area contributed by atoms with Crippen LogP contribution in [0, 0.1) is 27.7 Å². The van der Waals surface area contributed by atoms with E-state index in [0.29, 0.717) is 17.6 Å². The van der Waals surface area contributed by atoms with Crippen molar-refractivity contribution in [1.82, 2.24) is 9.13 Å². The summed E-state index contributed by atoms with van der Waals surface area (Å²) in [5.41, 5.74) is 6.15. The van der Waals surface area contributed by atoms with Crippen molar-refractivity contribution in [3.8, 4) is 0 Å². The number of ether oxygens (including phenoxy) is 1. The van der Waals surface area contributed by atoms with Crippen LogP contribution in [0.25, 0.3) is 6.08 Å². The van der Waals surface area contributed by atoms with Crippen molar-refractivity contribution >= 4 is 17.8 Å². The Balaban J connectivity index is 1.37. The predicted octanol–water partition coefficient (Wildman–Crippen LogP) is 4.63. The van der Waals surface area contributed by atoms with Gasteiger partial charge in [-0.05, 0) is 77.2 Å². The Morgan fingerprint density at radius 3 is 2.14 bits per heavy atom. The molecule has 2 aromatic heterocycles. The van der Waals surface area contributed by atoms with Gasteiger partial charge in [0.05, 0.1) is 0 Å². The van der Waals surface area contributed by atoms with Crippen LogP contribution in [0.4, 0.5) is 0 Å². The summed E-state index contributed by atoms with van der Waals surface area (Å²) in [6.07, 6.45) is 8.00. The van der Waals surface area contributed by atoms with Crippen LogP contribution in [0.5, 0.6) is 0 Å². The molecule has 0 aromatic carbocycles. The van der Waals surface area contributed by atoms with E-state index in [2.05, 4.69) is 29.0 Å². The first-order valence-electron chi connectivity index (χ1n) is 10.1. The highest BCUT2D eigenvalue weighted by molar-refractivity contribution is 6.00. The fraction of sp³-hybridized carbons (Fsp3) is 0.478. The van der Waals surface area contributed by atoms with E-state index in [4.69, 9.17) is 4.74 Å². The molecule has 2 aromatic rings. The topological polar surface area (TPSA) is 53.2 Å².